The number of carbonyl (C=O) groups is 1. The number of amides is 1. The topological polar surface area (TPSA) is 307 Å². The highest BCUT2D eigenvalue weighted by Gasteiger charge is 2.54. The van der Waals surface area contributed by atoms with E-state index in [0.717, 1.165) is 44.9 Å². The lowest BCUT2D eigenvalue weighted by molar-refractivity contribution is -0.379. The van der Waals surface area contributed by atoms with E-state index >= 15 is 0 Å². The highest BCUT2D eigenvalue weighted by Crippen LogP contribution is 2.34. The molecule has 0 aromatic carbocycles. The van der Waals surface area contributed by atoms with Crippen molar-refractivity contribution in [1.29, 1.82) is 0 Å². The second-order valence-corrected chi connectivity index (χ2v) is 35.3. The maximum Gasteiger partial charge on any atom is 0.220 e. The number of rotatable bonds is 82. The van der Waals surface area contributed by atoms with E-state index in [4.69, 9.17) is 28.4 Å². The Morgan fingerprint density at radius 1 is 0.307 bits per heavy atom. The number of nitrogens with one attached hydrogen (secondary N) is 1. The first-order chi connectivity index (χ1) is 55.8. The Labute approximate surface area is 696 Å². The average Bonchev–Trinajstić information content (AvgIpc) is 0.774. The molecule has 17 unspecified atom stereocenters. The first-order valence-electron chi connectivity index (χ1n) is 48.9. The second-order valence-electron chi connectivity index (χ2n) is 35.3. The van der Waals surface area contributed by atoms with Crippen molar-refractivity contribution in [1.82, 2.24) is 5.32 Å². The summed E-state index contributed by atoms with van der Waals surface area (Å²) in [5.41, 5.74) is 0. The molecule has 0 saturated carbocycles. The molecule has 0 bridgehead atoms. The molecule has 3 heterocycles. The van der Waals surface area contributed by atoms with Gasteiger partial charge in [0.25, 0.3) is 0 Å². The van der Waals surface area contributed by atoms with Crippen LogP contribution in [-0.2, 0) is 33.2 Å². The lowest BCUT2D eigenvalue weighted by Crippen LogP contribution is -2.66. The Kier molecular flexibility index (Phi) is 70.5. The predicted molar refractivity (Wildman–Crippen MR) is 462 cm³/mol. The summed E-state index contributed by atoms with van der Waals surface area (Å²) in [5.74, 6) is -0.264. The van der Waals surface area contributed by atoms with Crippen molar-refractivity contribution in [2.45, 2.75) is 561 Å². The number of hydrogen-bond donors (Lipinski definition) is 12. The van der Waals surface area contributed by atoms with Crippen LogP contribution in [0.25, 0.3) is 0 Å². The maximum absolute atomic E-state index is 13.5. The number of carbonyl (C=O) groups excluding carboxylic acids is 1. The molecule has 0 aromatic heterocycles. The van der Waals surface area contributed by atoms with E-state index in [1.54, 1.807) is 6.08 Å². The maximum atomic E-state index is 13.5. The molecule has 3 rings (SSSR count). The summed E-state index contributed by atoms with van der Waals surface area (Å²) in [6, 6.07) is -0.972. The zero-order valence-electron chi connectivity index (χ0n) is 73.4. The molecular weight excluding hydrogens is 1440 g/mol. The molecule has 0 spiro atoms. The summed E-state index contributed by atoms with van der Waals surface area (Å²) in [4.78, 5) is 13.5. The third-order valence-electron chi connectivity index (χ3n) is 24.8. The Morgan fingerprint density at radius 2 is 0.544 bits per heavy atom. The van der Waals surface area contributed by atoms with Crippen LogP contribution >= 0.6 is 0 Å². The molecule has 3 aliphatic rings. The lowest BCUT2D eigenvalue weighted by Gasteiger charge is -2.48. The SMILES string of the molecule is CCCCCCCCCCCCCCCCCCCCCCCCCCCCC/C=C/C(O)C(COC1OC(CO)C(OC2OC(CO)C(OC3OC(CO)C(O)C(O)C3O)C(O)C2O)C(O)C1O)NC(=O)CCCCCCCCCCCCCCCCCCCCCCCCCCCCCCCCCCCCCCCCCC. The third kappa shape index (κ3) is 52.8. The van der Waals surface area contributed by atoms with Gasteiger partial charge in [-0.05, 0) is 19.3 Å². The first kappa shape index (κ1) is 107. The van der Waals surface area contributed by atoms with E-state index in [1.165, 1.54) is 385 Å². The van der Waals surface area contributed by atoms with Gasteiger partial charge in [0.2, 0.25) is 5.91 Å². The molecule has 19 nitrogen and oxygen atoms in total. The molecule has 3 aliphatic heterocycles. The summed E-state index contributed by atoms with van der Waals surface area (Å²) >= 11 is 0. The Hall–Kier alpha value is -1.47. The Morgan fingerprint density at radius 3 is 0.825 bits per heavy atom. The molecule has 676 valence electrons. The smallest absolute Gasteiger partial charge is 0.220 e. The van der Waals surface area contributed by atoms with Crippen molar-refractivity contribution in [3.05, 3.63) is 12.2 Å². The molecule has 3 fully saturated rings. The van der Waals surface area contributed by atoms with Gasteiger partial charge in [0, 0.05) is 6.42 Å². The highest BCUT2D eigenvalue weighted by molar-refractivity contribution is 5.76. The Bertz CT molecular complexity index is 2100. The summed E-state index contributed by atoms with van der Waals surface area (Å²) in [6.07, 6.45) is 68.3. The van der Waals surface area contributed by atoms with Gasteiger partial charge in [-0.25, -0.2) is 0 Å². The van der Waals surface area contributed by atoms with Gasteiger partial charge in [-0.2, -0.15) is 0 Å². The number of unbranched alkanes of at least 4 members (excludes halogenated alkanes) is 66. The molecule has 0 radical (unpaired) electrons. The van der Waals surface area contributed by atoms with Gasteiger partial charge in [0.15, 0.2) is 18.9 Å². The zero-order chi connectivity index (χ0) is 82.4. The van der Waals surface area contributed by atoms with Crippen molar-refractivity contribution in [2.75, 3.05) is 26.4 Å². The summed E-state index contributed by atoms with van der Waals surface area (Å²) in [6.45, 7) is 1.83. The minimum Gasteiger partial charge on any atom is -0.394 e. The van der Waals surface area contributed by atoms with E-state index in [9.17, 15) is 61.0 Å². The molecular formula is C95H183NO18. The van der Waals surface area contributed by atoms with Crippen LogP contribution in [0.2, 0.25) is 0 Å². The van der Waals surface area contributed by atoms with Crippen LogP contribution in [0.15, 0.2) is 12.2 Å². The monoisotopic (exact) mass is 1630 g/mol. The van der Waals surface area contributed by atoms with Crippen molar-refractivity contribution in [3.8, 4) is 0 Å². The van der Waals surface area contributed by atoms with Crippen molar-refractivity contribution in [3.63, 3.8) is 0 Å². The molecule has 12 N–H and O–H groups in total. The van der Waals surface area contributed by atoms with Crippen LogP contribution in [0.5, 0.6) is 0 Å². The van der Waals surface area contributed by atoms with Crippen LogP contribution in [0.1, 0.15) is 457 Å². The lowest BCUT2D eigenvalue weighted by atomic mass is 9.96. The van der Waals surface area contributed by atoms with E-state index in [1.807, 2.05) is 6.08 Å². The van der Waals surface area contributed by atoms with Crippen LogP contribution in [0, 0.1) is 0 Å². The normalized spacial score (nSPS) is 24.7. The van der Waals surface area contributed by atoms with Gasteiger partial charge in [-0.1, -0.05) is 443 Å². The zero-order valence-corrected chi connectivity index (χ0v) is 73.4. The quantitative estimate of drug-likeness (QED) is 0.0199. The first-order valence-corrected chi connectivity index (χ1v) is 48.9. The van der Waals surface area contributed by atoms with Gasteiger partial charge in [0.05, 0.1) is 38.6 Å². The largest absolute Gasteiger partial charge is 0.394 e. The summed E-state index contributed by atoms with van der Waals surface area (Å²) in [7, 11) is 0. The number of ether oxygens (including phenoxy) is 6. The van der Waals surface area contributed by atoms with Crippen molar-refractivity contribution in [2.24, 2.45) is 0 Å². The predicted octanol–water partition coefficient (Wildman–Crippen LogP) is 19.8. The molecule has 1 amide bonds. The van der Waals surface area contributed by atoms with E-state index in [0.29, 0.717) is 6.42 Å². The minimum absolute atomic E-state index is 0.251. The molecule has 3 saturated heterocycles. The van der Waals surface area contributed by atoms with Crippen LogP contribution in [-0.4, -0.2) is 193 Å². The number of allylic oxidation sites excluding steroid dienone is 1. The number of hydrogen-bond acceptors (Lipinski definition) is 18. The fraction of sp³-hybridized carbons (Fsp3) is 0.968. The van der Waals surface area contributed by atoms with Gasteiger partial charge < -0.3 is 89.9 Å². The van der Waals surface area contributed by atoms with Crippen LogP contribution < -0.4 is 5.32 Å². The van der Waals surface area contributed by atoms with Gasteiger partial charge >= 0.3 is 0 Å². The Balaban J connectivity index is 1.28. The molecule has 114 heavy (non-hydrogen) atoms. The van der Waals surface area contributed by atoms with Crippen molar-refractivity contribution >= 4 is 5.91 Å². The molecule has 0 aromatic rings. The van der Waals surface area contributed by atoms with E-state index < -0.39 is 124 Å². The standard InChI is InChI=1S/C95H183NO18/c1-3-5-7-9-11-13-15-17-19-21-23-25-27-29-31-33-34-35-36-37-38-39-40-41-42-43-45-47-49-51-53-55-57-59-61-63-65-67-69-71-73-83(101)96-78(79(100)72-70-68-66-64-62-60-58-56-54-52-50-48-46-44-32-30-28-26-24-22-20-18-16-14-12-10-8-6-4-2)77-109-93-89(107)86(104)91(81(75-98)111-93)114-95-90(108)87(105)92(82(76-99)112-95)113-94-88(106)85(103)84(102)80(74-97)110-94/h70,72,78-82,84-95,97-100,102-108H,3-69,71,73-77H2,1-2H3,(H,96,101)/b72-70+. The van der Waals surface area contributed by atoms with Gasteiger partial charge in [0.1, 0.15) is 73.2 Å². The average molecular weight is 1630 g/mol. The third-order valence-corrected chi connectivity index (χ3v) is 24.8. The van der Waals surface area contributed by atoms with E-state index in [-0.39, 0.29) is 18.9 Å². The van der Waals surface area contributed by atoms with Gasteiger partial charge in [-0.15, -0.1) is 0 Å². The molecule has 19 heteroatoms. The number of aliphatic hydroxyl groups excluding tert-OH is 11. The minimum atomic E-state index is -1.98. The molecule has 17 atom stereocenters. The van der Waals surface area contributed by atoms with E-state index in [2.05, 4.69) is 19.2 Å². The summed E-state index contributed by atoms with van der Waals surface area (Å²) < 4.78 is 34.6. The molecule has 0 aliphatic carbocycles. The van der Waals surface area contributed by atoms with Crippen LogP contribution in [0.3, 0.4) is 0 Å². The fourth-order valence-corrected chi connectivity index (χ4v) is 17.1. The number of aliphatic hydroxyl groups is 11. The second kappa shape index (κ2) is 75.3. The fourth-order valence-electron chi connectivity index (χ4n) is 17.1. The summed E-state index contributed by atoms with van der Waals surface area (Å²) in [5, 5.41) is 121. The highest BCUT2D eigenvalue weighted by atomic mass is 16.8. The van der Waals surface area contributed by atoms with Crippen molar-refractivity contribution < 1.29 is 89.4 Å². The van der Waals surface area contributed by atoms with Crippen LogP contribution in [0.4, 0.5) is 0 Å². The van der Waals surface area contributed by atoms with Gasteiger partial charge in [-0.3, -0.25) is 4.79 Å².